The summed E-state index contributed by atoms with van der Waals surface area (Å²) in [6.07, 6.45) is 3.51. The smallest absolute Gasteiger partial charge is 1.00 e. The van der Waals surface area contributed by atoms with E-state index in [4.69, 9.17) is 74.4 Å². The first-order chi connectivity index (χ1) is 61.9. The van der Waals surface area contributed by atoms with Crippen LogP contribution in [0.1, 0.15) is 321 Å². The number of amides is 2. The molecule has 0 saturated heterocycles. The first-order valence-corrected chi connectivity index (χ1v) is 46.1. The van der Waals surface area contributed by atoms with Gasteiger partial charge in [0.15, 0.2) is 5.75 Å². The van der Waals surface area contributed by atoms with Gasteiger partial charge in [0.05, 0.1) is 97.3 Å². The number of hydrogen-bond acceptors (Lipinski definition) is 27. The SMILES string of the molecule is C.C.C.C.C.C.CC(=O)Cl.CC(C)(C)[S@@](N)=O.CCO.CCO.CCO.CCO.CCO.CO.COc1c(Nc2c(F)ccc3c2C(=O)NC3)c(=O)c1=O.COc1ccc(C)o1.C[CH-]C.Cc1ccc(C=N[S@@](=O)C(C)(C)C)o1.Cc1ccc([C@H](N)C(C)C)o1.Cc1ccc([C@H](N[S@@](=O)C(C)(C)C)C(C)C)o1.Cc1ccc([C@H](Nc2c(Nc3c(F)ccc4c3C(=O)NC4)c(=O)c2=O)C(C)C)o1.[2H]CC.[Cl-].[Mg+2].[Ti]. The maximum Gasteiger partial charge on any atom is 2.00 e. The molecule has 2 amide bonds. The number of nitrogens with one attached hydrogen (secondary N) is 6. The molecule has 0 aliphatic carbocycles. The van der Waals surface area contributed by atoms with E-state index in [1.807, 2.05) is 174 Å². The Morgan fingerprint density at radius 3 is 1.13 bits per heavy atom. The molecule has 2 aliphatic heterocycles. The molecular weight excluding hydrogens is 1970 g/mol. The van der Waals surface area contributed by atoms with Crippen LogP contribution in [0, 0.1) is 70.4 Å². The van der Waals surface area contributed by atoms with E-state index in [0.29, 0.717) is 53.9 Å². The fourth-order valence-electron chi connectivity index (χ4n) is 9.45. The second-order valence-electron chi connectivity index (χ2n) is 31.4. The van der Waals surface area contributed by atoms with Gasteiger partial charge in [-0.15, -0.1) is 0 Å². The van der Waals surface area contributed by atoms with Gasteiger partial charge < -0.3 is 113 Å². The van der Waals surface area contributed by atoms with Gasteiger partial charge in [-0.25, -0.2) is 26.1 Å². The van der Waals surface area contributed by atoms with Crippen molar-refractivity contribution in [2.75, 3.05) is 70.3 Å². The summed E-state index contributed by atoms with van der Waals surface area (Å²) >= 11 is 4.64. The van der Waals surface area contributed by atoms with Crippen LogP contribution in [0.3, 0.4) is 0 Å². The zero-order chi connectivity index (χ0) is 104. The van der Waals surface area contributed by atoms with Crippen molar-refractivity contribution in [1.29, 1.82) is 0 Å². The van der Waals surface area contributed by atoms with E-state index in [-0.39, 0.29) is 230 Å². The predicted molar refractivity (Wildman–Crippen MR) is 576 cm³/mol. The number of aliphatic hydroxyl groups is 6. The van der Waals surface area contributed by atoms with Crippen LogP contribution >= 0.6 is 11.6 Å². The van der Waals surface area contributed by atoms with Crippen molar-refractivity contribution >= 4 is 119 Å². The van der Waals surface area contributed by atoms with Crippen molar-refractivity contribution in [3.8, 4) is 11.7 Å². The predicted octanol–water partition coefficient (Wildman–Crippen LogP) is 16.7. The maximum absolute atomic E-state index is 14.5. The Labute approximate surface area is 892 Å². The maximum atomic E-state index is 14.5. The van der Waals surface area contributed by atoms with Gasteiger partial charge in [0.1, 0.15) is 91.5 Å². The van der Waals surface area contributed by atoms with Crippen LogP contribution in [-0.4, -0.2) is 158 Å². The summed E-state index contributed by atoms with van der Waals surface area (Å²) in [7, 11) is 0.326. The van der Waals surface area contributed by atoms with Crippen LogP contribution in [0.15, 0.2) is 131 Å². The molecule has 0 spiro atoms. The number of nitrogens with two attached hydrogens (primary N) is 2. The Morgan fingerprint density at radius 2 is 0.851 bits per heavy atom. The molecule has 0 fully saturated rings. The van der Waals surface area contributed by atoms with Gasteiger partial charge in [0, 0.05) is 89.3 Å². The number of anilines is 5. The van der Waals surface area contributed by atoms with Gasteiger partial charge in [-0.1, -0.05) is 112 Å². The molecule has 5 aromatic heterocycles. The number of halogens is 4. The number of methoxy groups -OCH3 is 2. The third-order valence-corrected chi connectivity index (χ3v) is 19.9. The largest absolute Gasteiger partial charge is 2.00 e. The molecule has 6 atom stereocenters. The minimum absolute atomic E-state index is 0. The second kappa shape index (κ2) is 87.7. The standard InChI is InChI=1S/C21H20FN3O4.C13H9FN2O4.C13H23NO2S.C10H15NO2S.C9H15NO.C6H8O2.C4H11NOS.C3H7.C2H3ClO.5C2H6O.C2H6.CH4O.6CH4.ClH.Mg.Ti/c1-9(2)15(13-7-4-10(3)29-13)24-17-18(20(27)19(17)26)25-16-12(22)6-5-11-8-23-21(28)14(11)16;1-20-12-9(10(17)11(12)18)16-8-6(14)3-2-5-4-15-13(19)7(5)8;1-9(2)12(11-8-7-10(3)16-11)14-17(15)13(4,5)6;1-8-5-6-9(13-8)7-11-14(12)10(2,3)4;1-6(2)9(10)8-5-4-7(3)11-8;1-5-3-4-6(7-2)8-5;1-4(2,3)7(5)6;1-3-2;1-2(3)4;5*1-2-3;2*1-2;;;;;;;;;/h4-7,9,15,24-25H,8H2,1-3H3,(H,23,28);2-3,16H,4H2,1H3,(H,15,19);7-9,12,14H,1-6H3;5-7H,1-4H3;4-6,9H,10H2,1-3H3;3-4H,1-2H3;5H2,1-3H3;3H,1-2H3;1H3;5*3H,2H2,1H3;1-2H3;2H,1H3;6*1H4;1H;;/q;;;;;;;-1;;;;;;;;;;;;;;;;+2;/p-1/t15-;;12-,17+;14-;9-;;7-;;;;;;;;;;;;;;;;;;/m1.101.0................../s1/i;;;;;;;;;;;;;;1D;;;;;;;;;;. The molecular formula is C100H175Cl2F2MgN9O23S3Ti. The van der Waals surface area contributed by atoms with Gasteiger partial charge in [0.2, 0.25) is 5.24 Å². The fourth-order valence-corrected chi connectivity index (χ4v) is 10.9. The third kappa shape index (κ3) is 63.3. The Morgan fingerprint density at radius 1 is 0.539 bits per heavy atom. The van der Waals surface area contributed by atoms with Crippen LogP contribution < -0.4 is 85.8 Å². The molecule has 0 radical (unpaired) electrons. The van der Waals surface area contributed by atoms with Gasteiger partial charge in [-0.2, -0.15) is 18.2 Å². The van der Waals surface area contributed by atoms with Gasteiger partial charge >= 0.3 is 23.1 Å². The van der Waals surface area contributed by atoms with Crippen molar-refractivity contribution in [2.24, 2.45) is 33.0 Å². The van der Waals surface area contributed by atoms with Crippen LogP contribution in [0.5, 0.6) is 11.7 Å². The van der Waals surface area contributed by atoms with E-state index in [9.17, 15) is 55.0 Å². The van der Waals surface area contributed by atoms with E-state index in [1.54, 1.807) is 66.9 Å². The van der Waals surface area contributed by atoms with E-state index in [1.165, 1.54) is 44.5 Å². The van der Waals surface area contributed by atoms with Gasteiger partial charge in [-0.05, 0) is 239 Å². The molecule has 0 saturated carbocycles. The number of carbonyl (C=O) groups is 3. The number of aryl methyl sites for hydroxylation is 5. The van der Waals surface area contributed by atoms with Crippen molar-refractivity contribution in [1.82, 2.24) is 15.4 Å². The molecule has 2 aliphatic rings. The van der Waals surface area contributed by atoms with Crippen molar-refractivity contribution < 1.29 is 133 Å². The van der Waals surface area contributed by atoms with Crippen LogP contribution in [0.4, 0.5) is 37.2 Å². The van der Waals surface area contributed by atoms with Crippen molar-refractivity contribution in [3.63, 3.8) is 0 Å². The number of carbonyl (C=O) groups excluding carboxylic acids is 3. The number of benzene rings is 2. The molecule has 4 aromatic carbocycles. The zero-order valence-electron chi connectivity index (χ0n) is 85.5. The second-order valence-corrected chi connectivity index (χ2v) is 37.6. The van der Waals surface area contributed by atoms with E-state index in [2.05, 4.69) is 75.0 Å². The molecule has 16 N–H and O–H groups in total. The minimum atomic E-state index is -1.22. The molecule has 810 valence electrons. The Balaban J connectivity index is -0.000000110. The van der Waals surface area contributed by atoms with Crippen LogP contribution in [0.2, 0.25) is 0 Å². The summed E-state index contributed by atoms with van der Waals surface area (Å²) < 4.78 is 111. The quantitative estimate of drug-likeness (QED) is 0.0125. The molecule has 9 aromatic rings. The van der Waals surface area contributed by atoms with E-state index < -0.39 is 78.1 Å². The van der Waals surface area contributed by atoms with Crippen molar-refractivity contribution in [2.45, 2.75) is 298 Å². The summed E-state index contributed by atoms with van der Waals surface area (Å²) in [5, 5.41) is 63.0. The number of fused-ring (bicyclic) bond motifs is 2. The molecule has 11 rings (SSSR count). The number of ether oxygens (including phenoxy) is 2. The molecule has 0 bridgehead atoms. The first-order valence-electron chi connectivity index (χ1n) is 43.0. The summed E-state index contributed by atoms with van der Waals surface area (Å²) in [6.45, 7) is 56.5. The Bertz CT molecular complexity index is 5010. The third-order valence-electron chi connectivity index (χ3n) is 15.7. The molecule has 41 heteroatoms. The van der Waals surface area contributed by atoms with E-state index in [0.717, 1.165) is 47.4 Å². The molecule has 0 unspecified atom stereocenters. The van der Waals surface area contributed by atoms with E-state index >= 15 is 0 Å². The minimum Gasteiger partial charge on any atom is -1.00 e. The van der Waals surface area contributed by atoms with Crippen LogP contribution in [0.25, 0.3) is 0 Å². The van der Waals surface area contributed by atoms with Crippen molar-refractivity contribution in [3.05, 3.63) is 218 Å². The first kappa shape index (κ1) is 161. The average Bonchev–Trinajstić information content (AvgIpc) is 1.27. The summed E-state index contributed by atoms with van der Waals surface area (Å²) in [4.78, 5) is 80.1. The topological polar surface area (TPSA) is 513 Å². The number of nitrogens with zero attached hydrogens (tertiary/aromatic N) is 1. The number of hydrogen-bond donors (Lipinski definition) is 14. The average molecular weight is 2150 g/mol. The molecule has 32 nitrogen and oxygen atoms in total. The Hall–Kier alpha value is -7.71. The number of rotatable bonds is 18. The van der Waals surface area contributed by atoms with Crippen LogP contribution in [-0.2, 0) is 72.6 Å². The Kier molecular flexibility index (Phi) is 100. The van der Waals surface area contributed by atoms with Gasteiger partial charge in [0.25, 0.3) is 39.5 Å². The number of aliphatic hydroxyl groups excluding tert-OH is 6. The monoisotopic (exact) mass is 2150 g/mol. The van der Waals surface area contributed by atoms with Gasteiger partial charge in [-0.3, -0.25) is 38.7 Å². The zero-order valence-corrected chi connectivity index (χ0v) is 91.5. The normalized spacial score (nSPS) is 11.8. The number of furan rings is 5. The molecule has 7 heterocycles. The summed E-state index contributed by atoms with van der Waals surface area (Å²) in [5.74, 6) is 6.24. The summed E-state index contributed by atoms with van der Waals surface area (Å²) in [6, 6.07) is 23.8. The fraction of sp³-hybridized carbons (Fsp3) is 0.550. The summed E-state index contributed by atoms with van der Waals surface area (Å²) in [5.41, 5.74) is 3.99. The molecule has 141 heavy (non-hydrogen) atoms.